The van der Waals surface area contributed by atoms with Gasteiger partial charge in [-0.2, -0.15) is 5.10 Å². The summed E-state index contributed by atoms with van der Waals surface area (Å²) < 4.78 is 0.855. The van der Waals surface area contributed by atoms with E-state index in [1.54, 1.807) is 65.8 Å². The van der Waals surface area contributed by atoms with Crippen molar-refractivity contribution in [2.45, 2.75) is 12.1 Å². The van der Waals surface area contributed by atoms with Crippen LogP contribution in [0.5, 0.6) is 0 Å². The van der Waals surface area contributed by atoms with Crippen molar-refractivity contribution in [3.05, 3.63) is 76.8 Å². The maximum atomic E-state index is 13.4. The molecule has 0 radical (unpaired) electrons. The molecular formula is C22H16BrN3O3. The Morgan fingerprint density at radius 2 is 1.62 bits per heavy atom. The lowest BCUT2D eigenvalue weighted by atomic mass is 9.86. The molecule has 1 unspecified atom stereocenters. The number of hydrogen-bond donors (Lipinski definition) is 0. The predicted molar refractivity (Wildman–Crippen MR) is 111 cm³/mol. The Hall–Kier alpha value is -3.06. The zero-order chi connectivity index (χ0) is 20.1. The lowest BCUT2D eigenvalue weighted by molar-refractivity contribution is -0.123. The molecule has 2 aromatic rings. The monoisotopic (exact) mass is 449 g/mol. The van der Waals surface area contributed by atoms with Gasteiger partial charge in [-0.15, -0.1) is 0 Å². The number of ketones is 1. The van der Waals surface area contributed by atoms with Crippen LogP contribution in [0.3, 0.4) is 0 Å². The lowest BCUT2D eigenvalue weighted by Crippen LogP contribution is -2.46. The third-order valence-electron chi connectivity index (χ3n) is 5.70. The number of imide groups is 1. The highest BCUT2D eigenvalue weighted by atomic mass is 79.9. The van der Waals surface area contributed by atoms with Crippen LogP contribution in [0.25, 0.3) is 0 Å². The van der Waals surface area contributed by atoms with Crippen molar-refractivity contribution in [2.24, 2.45) is 16.9 Å². The Morgan fingerprint density at radius 3 is 2.34 bits per heavy atom. The van der Waals surface area contributed by atoms with Crippen LogP contribution in [0.1, 0.15) is 10.4 Å². The van der Waals surface area contributed by atoms with Gasteiger partial charge in [0, 0.05) is 16.3 Å². The number of allylic oxidation sites excluding steroid dienone is 1. The van der Waals surface area contributed by atoms with Crippen LogP contribution in [0.4, 0.5) is 5.69 Å². The smallest absolute Gasteiger partial charge is 0.240 e. The highest BCUT2D eigenvalue weighted by Crippen LogP contribution is 2.46. The van der Waals surface area contributed by atoms with E-state index in [0.717, 1.165) is 4.47 Å². The van der Waals surface area contributed by atoms with Crippen LogP contribution in [0, 0.1) is 11.8 Å². The average Bonchev–Trinajstić information content (AvgIpc) is 3.22. The molecule has 7 heteroatoms. The topological polar surface area (TPSA) is 70.0 Å². The van der Waals surface area contributed by atoms with E-state index in [1.165, 1.54) is 4.90 Å². The molecule has 3 aliphatic rings. The number of halogens is 1. The molecule has 6 nitrogen and oxygen atoms in total. The number of hydrogen-bond acceptors (Lipinski definition) is 5. The molecule has 144 valence electrons. The molecule has 2 aromatic carbocycles. The van der Waals surface area contributed by atoms with Gasteiger partial charge in [0.05, 0.1) is 23.6 Å². The first-order chi connectivity index (χ1) is 14.1. The Balaban J connectivity index is 1.58. The summed E-state index contributed by atoms with van der Waals surface area (Å²) in [6.07, 6.45) is 5.19. The molecule has 5 rings (SSSR count). The molecule has 0 aliphatic carbocycles. The van der Waals surface area contributed by atoms with Crippen LogP contribution in [0.2, 0.25) is 0 Å². The number of carbonyl (C=O) groups excluding carboxylic acids is 3. The van der Waals surface area contributed by atoms with Crippen molar-refractivity contribution in [1.82, 2.24) is 5.01 Å². The molecule has 0 spiro atoms. The number of Topliss-reactive ketones (excluding diaryl/α,β-unsaturated/α-hetero) is 1. The van der Waals surface area contributed by atoms with Crippen LogP contribution in [-0.2, 0) is 9.59 Å². The Bertz CT molecular complexity index is 1060. The minimum atomic E-state index is -0.814. The van der Waals surface area contributed by atoms with Gasteiger partial charge in [0.25, 0.3) is 0 Å². The maximum Gasteiger partial charge on any atom is 0.240 e. The van der Waals surface area contributed by atoms with Crippen molar-refractivity contribution in [1.29, 1.82) is 0 Å². The Kier molecular flexibility index (Phi) is 4.20. The second kappa shape index (κ2) is 6.77. The van der Waals surface area contributed by atoms with Gasteiger partial charge in [0.15, 0.2) is 5.78 Å². The van der Waals surface area contributed by atoms with Gasteiger partial charge < -0.3 is 0 Å². The zero-order valence-electron chi connectivity index (χ0n) is 15.2. The summed E-state index contributed by atoms with van der Waals surface area (Å²) in [7, 11) is 0. The van der Waals surface area contributed by atoms with E-state index in [0.29, 0.717) is 11.3 Å². The molecule has 0 bridgehead atoms. The van der Waals surface area contributed by atoms with Gasteiger partial charge >= 0.3 is 0 Å². The average molecular weight is 450 g/mol. The SMILES string of the molecule is O=C(c1ccccc1)[C@H]1[C@H]2C(=O)N(c3ccc(Br)cc3)C(=O)[C@H]2C2C=CC=NN21. The predicted octanol–water partition coefficient (Wildman–Crippen LogP) is 3.05. The van der Waals surface area contributed by atoms with E-state index in [9.17, 15) is 14.4 Å². The number of amides is 2. The third kappa shape index (κ3) is 2.68. The fraction of sp³-hybridized carbons (Fsp3) is 0.182. The second-order valence-corrected chi connectivity index (χ2v) is 8.15. The molecule has 29 heavy (non-hydrogen) atoms. The number of nitrogens with zero attached hydrogens (tertiary/aromatic N) is 3. The number of rotatable bonds is 3. The van der Waals surface area contributed by atoms with E-state index >= 15 is 0 Å². The van der Waals surface area contributed by atoms with Gasteiger partial charge in [0.1, 0.15) is 6.04 Å². The van der Waals surface area contributed by atoms with Gasteiger partial charge in [-0.3, -0.25) is 19.4 Å². The minimum absolute atomic E-state index is 0.200. The summed E-state index contributed by atoms with van der Waals surface area (Å²) in [5.74, 6) is -2.26. The van der Waals surface area contributed by atoms with E-state index in [-0.39, 0.29) is 17.6 Å². The molecule has 0 N–H and O–H groups in total. The van der Waals surface area contributed by atoms with Crippen molar-refractivity contribution in [3.8, 4) is 0 Å². The first-order valence-electron chi connectivity index (χ1n) is 9.29. The molecule has 0 aromatic heterocycles. The van der Waals surface area contributed by atoms with E-state index in [1.807, 2.05) is 12.1 Å². The Morgan fingerprint density at radius 1 is 0.931 bits per heavy atom. The fourth-order valence-electron chi connectivity index (χ4n) is 4.46. The Labute approximate surface area is 175 Å². The van der Waals surface area contributed by atoms with Crippen LogP contribution in [0.15, 0.2) is 76.3 Å². The molecule has 3 aliphatic heterocycles. The number of fused-ring (bicyclic) bond motifs is 3. The molecule has 0 saturated carbocycles. The van der Waals surface area contributed by atoms with E-state index in [4.69, 9.17) is 0 Å². The maximum absolute atomic E-state index is 13.4. The molecule has 4 atom stereocenters. The fourth-order valence-corrected chi connectivity index (χ4v) is 4.72. The number of anilines is 1. The number of carbonyl (C=O) groups is 3. The summed E-state index contributed by atoms with van der Waals surface area (Å²) in [5, 5.41) is 5.98. The highest BCUT2D eigenvalue weighted by Gasteiger charge is 2.64. The first kappa shape index (κ1) is 18.0. The minimum Gasteiger partial charge on any atom is -0.292 e. The van der Waals surface area contributed by atoms with Crippen molar-refractivity contribution >= 4 is 45.4 Å². The third-order valence-corrected chi connectivity index (χ3v) is 6.23. The molecule has 2 amide bonds. The summed E-state index contributed by atoms with van der Waals surface area (Å²) in [6.45, 7) is 0. The normalized spacial score (nSPS) is 27.3. The highest BCUT2D eigenvalue weighted by molar-refractivity contribution is 9.10. The molecule has 3 heterocycles. The first-order valence-corrected chi connectivity index (χ1v) is 10.1. The molecule has 2 saturated heterocycles. The van der Waals surface area contributed by atoms with Gasteiger partial charge in [-0.25, -0.2) is 4.90 Å². The van der Waals surface area contributed by atoms with E-state index < -0.39 is 23.9 Å². The van der Waals surface area contributed by atoms with Crippen LogP contribution >= 0.6 is 15.9 Å². The second-order valence-electron chi connectivity index (χ2n) is 7.24. The van der Waals surface area contributed by atoms with Crippen LogP contribution in [-0.4, -0.2) is 40.9 Å². The summed E-state index contributed by atoms with van der Waals surface area (Å²) in [4.78, 5) is 41.3. The number of benzene rings is 2. The largest absolute Gasteiger partial charge is 0.292 e. The van der Waals surface area contributed by atoms with Gasteiger partial charge in [-0.1, -0.05) is 52.3 Å². The van der Waals surface area contributed by atoms with E-state index in [2.05, 4.69) is 21.0 Å². The lowest BCUT2D eigenvalue weighted by Gasteiger charge is -2.30. The van der Waals surface area contributed by atoms with Gasteiger partial charge in [0.2, 0.25) is 11.8 Å². The quantitative estimate of drug-likeness (QED) is 0.533. The molecule has 2 fully saturated rings. The zero-order valence-corrected chi connectivity index (χ0v) is 16.8. The standard InChI is InChI=1S/C22H16BrN3O3/c23-14-8-10-15(11-9-14)25-21(28)17-16-7-4-12-24-26(16)19(18(17)22(25)29)20(27)13-5-2-1-3-6-13/h1-12,16-19H/t16?,17-,18-,19+/m0/s1. The summed E-state index contributed by atoms with van der Waals surface area (Å²) in [5.41, 5.74) is 1.02. The van der Waals surface area contributed by atoms with Gasteiger partial charge in [-0.05, 0) is 30.3 Å². The summed E-state index contributed by atoms with van der Waals surface area (Å²) in [6, 6.07) is 14.6. The van der Waals surface area contributed by atoms with Crippen molar-refractivity contribution < 1.29 is 14.4 Å². The van der Waals surface area contributed by atoms with Crippen LogP contribution < -0.4 is 4.90 Å². The number of hydrazone groups is 1. The van der Waals surface area contributed by atoms with Crippen molar-refractivity contribution in [3.63, 3.8) is 0 Å². The molecular weight excluding hydrogens is 434 g/mol. The summed E-state index contributed by atoms with van der Waals surface area (Å²) >= 11 is 3.37. The van der Waals surface area contributed by atoms with Crippen molar-refractivity contribution in [2.75, 3.05) is 4.90 Å².